The molecule has 1 atom stereocenters. The standard InChI is InChI=1S/C65H116O5/c1-3-5-7-9-11-13-15-17-19-21-23-25-26-27-28-29-30-31-32-33-34-35-36-37-38-40-41-43-45-47-49-51-53-55-57-59-64(67)69-62-63(61-66)70-65(68)60-58-56-54-52-50-48-46-44-42-39-24-22-20-18-16-14-12-10-8-6-4-2/h6,8,12,14,18,20-21,23-24,39,44,46,63,66H,3-5,7,9-11,13,15-17,19,22,25-38,40-43,45,47-62H2,1-2H3/b8-6-,14-12-,20-18-,23-21-,39-24-,46-44-. The Hall–Kier alpha value is -2.66. The highest BCUT2D eigenvalue weighted by molar-refractivity contribution is 5.70. The molecule has 0 saturated carbocycles. The van der Waals surface area contributed by atoms with Crippen LogP contribution in [0.2, 0.25) is 0 Å². The van der Waals surface area contributed by atoms with Gasteiger partial charge in [-0.3, -0.25) is 9.59 Å². The largest absolute Gasteiger partial charge is 0.462 e. The van der Waals surface area contributed by atoms with Crippen molar-refractivity contribution in [1.82, 2.24) is 0 Å². The van der Waals surface area contributed by atoms with Crippen molar-refractivity contribution >= 4 is 11.9 Å². The Kier molecular flexibility index (Phi) is 58.3. The van der Waals surface area contributed by atoms with Crippen LogP contribution >= 0.6 is 0 Å². The molecule has 1 unspecified atom stereocenters. The summed E-state index contributed by atoms with van der Waals surface area (Å²) in [6.45, 7) is 4.04. The summed E-state index contributed by atoms with van der Waals surface area (Å²) in [6.07, 6.45) is 83.3. The Balaban J connectivity index is 3.44. The lowest BCUT2D eigenvalue weighted by molar-refractivity contribution is -0.161. The van der Waals surface area contributed by atoms with Crippen molar-refractivity contribution in [2.45, 2.75) is 315 Å². The zero-order valence-electron chi connectivity index (χ0n) is 46.5. The lowest BCUT2D eigenvalue weighted by Gasteiger charge is -2.15. The van der Waals surface area contributed by atoms with Crippen molar-refractivity contribution in [1.29, 1.82) is 0 Å². The molecule has 5 nitrogen and oxygen atoms in total. The van der Waals surface area contributed by atoms with Crippen LogP contribution in [-0.4, -0.2) is 36.4 Å². The first-order valence-electron chi connectivity index (χ1n) is 30.5. The van der Waals surface area contributed by atoms with Crippen molar-refractivity contribution in [2.24, 2.45) is 0 Å². The Bertz CT molecular complexity index is 1240. The van der Waals surface area contributed by atoms with Crippen LogP contribution in [0.25, 0.3) is 0 Å². The molecule has 1 N–H and O–H groups in total. The van der Waals surface area contributed by atoms with Gasteiger partial charge in [0.2, 0.25) is 0 Å². The molecular weight excluding hydrogens is 861 g/mol. The lowest BCUT2D eigenvalue weighted by atomic mass is 10.0. The van der Waals surface area contributed by atoms with Crippen LogP contribution in [0.15, 0.2) is 72.9 Å². The zero-order valence-corrected chi connectivity index (χ0v) is 46.5. The van der Waals surface area contributed by atoms with Gasteiger partial charge in [-0.15, -0.1) is 0 Å². The second-order valence-electron chi connectivity index (χ2n) is 20.4. The van der Waals surface area contributed by atoms with E-state index in [9.17, 15) is 14.7 Å². The Morgan fingerprint density at radius 1 is 0.343 bits per heavy atom. The van der Waals surface area contributed by atoms with Crippen LogP contribution in [0.5, 0.6) is 0 Å². The Morgan fingerprint density at radius 2 is 0.614 bits per heavy atom. The molecule has 0 rings (SSSR count). The minimum atomic E-state index is -0.785. The first-order chi connectivity index (χ1) is 34.6. The zero-order chi connectivity index (χ0) is 50.6. The molecule has 0 heterocycles. The number of carbonyl (C=O) groups is 2. The van der Waals surface area contributed by atoms with Crippen molar-refractivity contribution in [3.05, 3.63) is 72.9 Å². The smallest absolute Gasteiger partial charge is 0.306 e. The van der Waals surface area contributed by atoms with E-state index in [0.29, 0.717) is 12.8 Å². The molecule has 0 radical (unpaired) electrons. The summed E-state index contributed by atoms with van der Waals surface area (Å²) in [5.41, 5.74) is 0. The average molecular weight is 978 g/mol. The molecule has 0 bridgehead atoms. The first kappa shape index (κ1) is 67.3. The van der Waals surface area contributed by atoms with Gasteiger partial charge < -0.3 is 14.6 Å². The minimum Gasteiger partial charge on any atom is -0.462 e. The lowest BCUT2D eigenvalue weighted by Crippen LogP contribution is -2.28. The number of rotatable bonds is 56. The molecule has 0 spiro atoms. The molecule has 0 fully saturated rings. The van der Waals surface area contributed by atoms with Gasteiger partial charge in [0.25, 0.3) is 0 Å². The van der Waals surface area contributed by atoms with Crippen molar-refractivity contribution < 1.29 is 24.2 Å². The van der Waals surface area contributed by atoms with Gasteiger partial charge in [0.15, 0.2) is 6.10 Å². The summed E-state index contributed by atoms with van der Waals surface area (Å²) in [7, 11) is 0. The second kappa shape index (κ2) is 60.6. The van der Waals surface area contributed by atoms with E-state index in [0.717, 1.165) is 89.9 Å². The summed E-state index contributed by atoms with van der Waals surface area (Å²) in [6, 6.07) is 0. The average Bonchev–Trinajstić information content (AvgIpc) is 3.36. The maximum absolute atomic E-state index is 12.3. The third kappa shape index (κ3) is 57.9. The summed E-state index contributed by atoms with van der Waals surface area (Å²) in [5.74, 6) is -0.604. The molecule has 0 saturated heterocycles. The number of ether oxygens (including phenoxy) is 2. The molecule has 0 aliphatic rings. The minimum absolute atomic E-state index is 0.0740. The fourth-order valence-electron chi connectivity index (χ4n) is 8.93. The van der Waals surface area contributed by atoms with Crippen LogP contribution in [0.3, 0.4) is 0 Å². The highest BCUT2D eigenvalue weighted by atomic mass is 16.6. The SMILES string of the molecule is CC/C=C\C/C=C\C/C=C\C/C=C\C/C=C\CCCCCCCC(=O)OC(CO)COC(=O)CCCCCCCCCCCCCCCCCCCCCCCCC/C=C\CCCCCCCCCC. The van der Waals surface area contributed by atoms with Gasteiger partial charge in [-0.25, -0.2) is 0 Å². The number of hydrogen-bond acceptors (Lipinski definition) is 5. The van der Waals surface area contributed by atoms with E-state index in [4.69, 9.17) is 9.47 Å². The number of allylic oxidation sites excluding steroid dienone is 12. The summed E-state index contributed by atoms with van der Waals surface area (Å²) < 4.78 is 10.7. The quantitative estimate of drug-likeness (QED) is 0.0373. The van der Waals surface area contributed by atoms with Gasteiger partial charge in [0.05, 0.1) is 6.61 Å². The topological polar surface area (TPSA) is 72.8 Å². The van der Waals surface area contributed by atoms with Crippen molar-refractivity contribution in [2.75, 3.05) is 13.2 Å². The molecular formula is C65H116O5. The van der Waals surface area contributed by atoms with Gasteiger partial charge >= 0.3 is 11.9 Å². The van der Waals surface area contributed by atoms with Crippen LogP contribution < -0.4 is 0 Å². The van der Waals surface area contributed by atoms with E-state index in [1.54, 1.807) is 0 Å². The van der Waals surface area contributed by atoms with Gasteiger partial charge in [-0.2, -0.15) is 0 Å². The molecule has 5 heteroatoms. The molecule has 0 aliphatic heterocycles. The van der Waals surface area contributed by atoms with E-state index in [2.05, 4.69) is 86.8 Å². The van der Waals surface area contributed by atoms with Crippen LogP contribution in [0.1, 0.15) is 309 Å². The fourth-order valence-corrected chi connectivity index (χ4v) is 8.93. The molecule has 0 aromatic heterocycles. The van der Waals surface area contributed by atoms with E-state index < -0.39 is 6.10 Å². The second-order valence-corrected chi connectivity index (χ2v) is 20.4. The van der Waals surface area contributed by atoms with Crippen LogP contribution in [-0.2, 0) is 19.1 Å². The van der Waals surface area contributed by atoms with Gasteiger partial charge in [0.1, 0.15) is 6.61 Å². The number of hydrogen-bond donors (Lipinski definition) is 1. The van der Waals surface area contributed by atoms with Crippen molar-refractivity contribution in [3.63, 3.8) is 0 Å². The number of esters is 2. The predicted octanol–water partition coefficient (Wildman–Crippen LogP) is 20.8. The normalized spacial score (nSPS) is 12.7. The van der Waals surface area contributed by atoms with Gasteiger partial charge in [0, 0.05) is 12.8 Å². The highest BCUT2D eigenvalue weighted by Crippen LogP contribution is 2.17. The first-order valence-corrected chi connectivity index (χ1v) is 30.5. The molecule has 406 valence electrons. The molecule has 0 aromatic rings. The van der Waals surface area contributed by atoms with E-state index in [1.807, 2.05) is 0 Å². The third-order valence-electron chi connectivity index (χ3n) is 13.5. The number of aliphatic hydroxyl groups excluding tert-OH is 1. The highest BCUT2D eigenvalue weighted by Gasteiger charge is 2.16. The number of carbonyl (C=O) groups excluding carboxylic acids is 2. The third-order valence-corrected chi connectivity index (χ3v) is 13.5. The summed E-state index contributed by atoms with van der Waals surface area (Å²) in [5, 5.41) is 9.65. The molecule has 70 heavy (non-hydrogen) atoms. The summed E-state index contributed by atoms with van der Waals surface area (Å²) in [4.78, 5) is 24.5. The van der Waals surface area contributed by atoms with E-state index in [-0.39, 0.29) is 25.2 Å². The predicted molar refractivity (Wildman–Crippen MR) is 306 cm³/mol. The maximum atomic E-state index is 12.3. The number of aliphatic hydroxyl groups is 1. The maximum Gasteiger partial charge on any atom is 0.306 e. The van der Waals surface area contributed by atoms with Crippen LogP contribution in [0, 0.1) is 0 Å². The fraction of sp³-hybridized carbons (Fsp3) is 0.785. The van der Waals surface area contributed by atoms with Gasteiger partial charge in [-0.1, -0.05) is 286 Å². The Labute approximate surface area is 435 Å². The molecule has 0 amide bonds. The molecule has 0 aliphatic carbocycles. The van der Waals surface area contributed by atoms with Gasteiger partial charge in [-0.05, 0) is 83.5 Å². The molecule has 0 aromatic carbocycles. The van der Waals surface area contributed by atoms with Crippen molar-refractivity contribution in [3.8, 4) is 0 Å². The van der Waals surface area contributed by atoms with Crippen LogP contribution in [0.4, 0.5) is 0 Å². The van der Waals surface area contributed by atoms with E-state index >= 15 is 0 Å². The van der Waals surface area contributed by atoms with E-state index in [1.165, 1.54) is 193 Å². The Morgan fingerprint density at radius 3 is 0.943 bits per heavy atom. The monoisotopic (exact) mass is 977 g/mol. The number of unbranched alkanes of at least 4 members (excludes halogenated alkanes) is 36. The summed E-state index contributed by atoms with van der Waals surface area (Å²) >= 11 is 0.